The molecule has 0 aliphatic heterocycles. The van der Waals surface area contributed by atoms with Crippen molar-refractivity contribution in [2.75, 3.05) is 0 Å². The lowest BCUT2D eigenvalue weighted by Crippen LogP contribution is -2.14. The summed E-state index contributed by atoms with van der Waals surface area (Å²) < 4.78 is 1.77. The first-order chi connectivity index (χ1) is 7.18. The normalized spacial score (nSPS) is 12.7. The highest BCUT2D eigenvalue weighted by molar-refractivity contribution is 5.33. The van der Waals surface area contributed by atoms with Gasteiger partial charge in [-0.2, -0.15) is 5.10 Å². The van der Waals surface area contributed by atoms with E-state index >= 15 is 0 Å². The molecule has 3 heteroatoms. The van der Waals surface area contributed by atoms with Crippen molar-refractivity contribution in [1.82, 2.24) is 9.78 Å². The molecule has 2 aromatic rings. The van der Waals surface area contributed by atoms with Gasteiger partial charge in [-0.15, -0.1) is 0 Å². The first-order valence-electron chi connectivity index (χ1n) is 4.99. The van der Waals surface area contributed by atoms with Crippen LogP contribution in [-0.2, 0) is 7.05 Å². The molecule has 2 rings (SSSR count). The van der Waals surface area contributed by atoms with Gasteiger partial charge in [0.25, 0.3) is 0 Å². The van der Waals surface area contributed by atoms with Crippen LogP contribution in [0.15, 0.2) is 36.5 Å². The quantitative estimate of drug-likeness (QED) is 0.804. The Bertz CT molecular complexity index is 459. The smallest absolute Gasteiger partial charge is 0.0837 e. The van der Waals surface area contributed by atoms with Crippen molar-refractivity contribution in [3.05, 3.63) is 53.3 Å². The van der Waals surface area contributed by atoms with Gasteiger partial charge in [0, 0.05) is 13.2 Å². The summed E-state index contributed by atoms with van der Waals surface area (Å²) in [7, 11) is 1.90. The van der Waals surface area contributed by atoms with Crippen molar-refractivity contribution in [2.24, 2.45) is 12.8 Å². The minimum absolute atomic E-state index is 0.132. The third kappa shape index (κ3) is 1.92. The first kappa shape index (κ1) is 9.93. The highest BCUT2D eigenvalue weighted by Gasteiger charge is 2.12. The van der Waals surface area contributed by atoms with E-state index in [4.69, 9.17) is 5.73 Å². The second kappa shape index (κ2) is 3.87. The molecular formula is C12H15N3. The summed E-state index contributed by atoms with van der Waals surface area (Å²) in [5.41, 5.74) is 9.40. The molecule has 0 fully saturated rings. The molecule has 0 saturated heterocycles. The number of aromatic nitrogens is 2. The molecule has 0 aliphatic carbocycles. The monoisotopic (exact) mass is 201 g/mol. The van der Waals surface area contributed by atoms with Crippen LogP contribution in [0, 0.1) is 6.92 Å². The fraction of sp³-hybridized carbons (Fsp3) is 0.250. The third-order valence-corrected chi connectivity index (χ3v) is 2.58. The summed E-state index contributed by atoms with van der Waals surface area (Å²) in [6, 6.07) is 9.96. The van der Waals surface area contributed by atoms with E-state index in [0.29, 0.717) is 0 Å². The highest BCUT2D eigenvalue weighted by Crippen LogP contribution is 2.20. The topological polar surface area (TPSA) is 43.8 Å². The van der Waals surface area contributed by atoms with E-state index in [1.54, 1.807) is 4.68 Å². The van der Waals surface area contributed by atoms with Crippen LogP contribution >= 0.6 is 0 Å². The molecule has 3 nitrogen and oxygen atoms in total. The Balaban J connectivity index is 2.36. The largest absolute Gasteiger partial charge is 0.319 e. The Morgan fingerprint density at radius 3 is 2.60 bits per heavy atom. The lowest BCUT2D eigenvalue weighted by molar-refractivity contribution is 0.714. The summed E-state index contributed by atoms with van der Waals surface area (Å²) in [5.74, 6) is 0. The minimum Gasteiger partial charge on any atom is -0.319 e. The van der Waals surface area contributed by atoms with Crippen molar-refractivity contribution >= 4 is 0 Å². The van der Waals surface area contributed by atoms with E-state index in [9.17, 15) is 0 Å². The molecule has 0 spiro atoms. The number of nitrogens with two attached hydrogens (primary N) is 1. The van der Waals surface area contributed by atoms with Crippen LogP contribution in [0.4, 0.5) is 0 Å². The molecule has 15 heavy (non-hydrogen) atoms. The van der Waals surface area contributed by atoms with Crippen molar-refractivity contribution in [3.8, 4) is 0 Å². The number of rotatable bonds is 2. The average Bonchev–Trinajstić information content (AvgIpc) is 2.65. The van der Waals surface area contributed by atoms with Crippen LogP contribution in [0.25, 0.3) is 0 Å². The predicted molar refractivity (Wildman–Crippen MR) is 60.4 cm³/mol. The van der Waals surface area contributed by atoms with Gasteiger partial charge in [0.05, 0.1) is 11.7 Å². The molecule has 1 heterocycles. The van der Waals surface area contributed by atoms with Crippen LogP contribution in [0.5, 0.6) is 0 Å². The van der Waals surface area contributed by atoms with E-state index in [2.05, 4.69) is 24.2 Å². The van der Waals surface area contributed by atoms with E-state index < -0.39 is 0 Å². The molecular weight excluding hydrogens is 186 g/mol. The third-order valence-electron chi connectivity index (χ3n) is 2.58. The maximum absolute atomic E-state index is 6.15. The summed E-state index contributed by atoms with van der Waals surface area (Å²) in [4.78, 5) is 0. The van der Waals surface area contributed by atoms with Crippen LogP contribution in [0.3, 0.4) is 0 Å². The lowest BCUT2D eigenvalue weighted by atomic mass is 10.00. The van der Waals surface area contributed by atoms with Crippen molar-refractivity contribution in [1.29, 1.82) is 0 Å². The molecule has 1 unspecified atom stereocenters. The van der Waals surface area contributed by atoms with Crippen LogP contribution in [0.2, 0.25) is 0 Å². The SMILES string of the molecule is Cc1ccccc1C(N)c1ccn(C)n1. The average molecular weight is 201 g/mol. The fourth-order valence-corrected chi connectivity index (χ4v) is 1.69. The van der Waals surface area contributed by atoms with Crippen molar-refractivity contribution in [3.63, 3.8) is 0 Å². The van der Waals surface area contributed by atoms with Gasteiger partial charge < -0.3 is 5.73 Å². The molecule has 0 radical (unpaired) electrons. The van der Waals surface area contributed by atoms with Gasteiger partial charge in [0.15, 0.2) is 0 Å². The molecule has 1 aromatic carbocycles. The van der Waals surface area contributed by atoms with Gasteiger partial charge in [-0.3, -0.25) is 4.68 Å². The summed E-state index contributed by atoms with van der Waals surface area (Å²) >= 11 is 0. The Labute approximate surface area is 89.5 Å². The molecule has 78 valence electrons. The van der Waals surface area contributed by atoms with E-state index in [1.807, 2.05) is 31.4 Å². The van der Waals surface area contributed by atoms with Gasteiger partial charge in [-0.1, -0.05) is 24.3 Å². The Morgan fingerprint density at radius 2 is 2.00 bits per heavy atom. The number of benzene rings is 1. The number of aryl methyl sites for hydroxylation is 2. The molecule has 0 saturated carbocycles. The number of hydrogen-bond donors (Lipinski definition) is 1. The summed E-state index contributed by atoms with van der Waals surface area (Å²) in [5, 5.41) is 4.32. The molecule has 0 amide bonds. The van der Waals surface area contributed by atoms with Gasteiger partial charge in [0.1, 0.15) is 0 Å². The highest BCUT2D eigenvalue weighted by atomic mass is 15.3. The zero-order valence-electron chi connectivity index (χ0n) is 9.01. The Kier molecular flexibility index (Phi) is 2.56. The molecule has 1 aromatic heterocycles. The van der Waals surface area contributed by atoms with E-state index in [1.165, 1.54) is 5.56 Å². The van der Waals surface area contributed by atoms with Crippen molar-refractivity contribution in [2.45, 2.75) is 13.0 Å². The van der Waals surface area contributed by atoms with Gasteiger partial charge >= 0.3 is 0 Å². The minimum atomic E-state index is -0.132. The fourth-order valence-electron chi connectivity index (χ4n) is 1.69. The molecule has 2 N–H and O–H groups in total. The zero-order chi connectivity index (χ0) is 10.8. The summed E-state index contributed by atoms with van der Waals surface area (Å²) in [6.07, 6.45) is 1.91. The molecule has 1 atom stereocenters. The molecule has 0 bridgehead atoms. The van der Waals surface area contributed by atoms with Crippen LogP contribution in [-0.4, -0.2) is 9.78 Å². The van der Waals surface area contributed by atoms with Gasteiger partial charge in [-0.25, -0.2) is 0 Å². The number of nitrogens with zero attached hydrogens (tertiary/aromatic N) is 2. The summed E-state index contributed by atoms with van der Waals surface area (Å²) in [6.45, 7) is 2.07. The standard InChI is InChI=1S/C12H15N3/c1-9-5-3-4-6-10(9)12(13)11-7-8-15(2)14-11/h3-8,12H,13H2,1-2H3. The maximum atomic E-state index is 6.15. The van der Waals surface area contributed by atoms with E-state index in [-0.39, 0.29) is 6.04 Å². The lowest BCUT2D eigenvalue weighted by Gasteiger charge is -2.11. The second-order valence-corrected chi connectivity index (χ2v) is 3.75. The maximum Gasteiger partial charge on any atom is 0.0837 e. The second-order valence-electron chi connectivity index (χ2n) is 3.75. The van der Waals surface area contributed by atoms with Gasteiger partial charge in [-0.05, 0) is 24.1 Å². The van der Waals surface area contributed by atoms with Gasteiger partial charge in [0.2, 0.25) is 0 Å². The number of hydrogen-bond acceptors (Lipinski definition) is 2. The molecule has 0 aliphatic rings. The predicted octanol–water partition coefficient (Wildman–Crippen LogP) is 1.78. The van der Waals surface area contributed by atoms with Crippen LogP contribution in [0.1, 0.15) is 22.9 Å². The van der Waals surface area contributed by atoms with Crippen molar-refractivity contribution < 1.29 is 0 Å². The van der Waals surface area contributed by atoms with Crippen LogP contribution < -0.4 is 5.73 Å². The first-order valence-corrected chi connectivity index (χ1v) is 4.99. The van der Waals surface area contributed by atoms with E-state index in [0.717, 1.165) is 11.3 Å². The Morgan fingerprint density at radius 1 is 1.27 bits per heavy atom. The Hall–Kier alpha value is -1.61. The zero-order valence-corrected chi connectivity index (χ0v) is 9.01.